The maximum absolute atomic E-state index is 12.2. The van der Waals surface area contributed by atoms with Gasteiger partial charge in [0.05, 0.1) is 11.7 Å². The van der Waals surface area contributed by atoms with Gasteiger partial charge in [0.2, 0.25) is 11.8 Å². The summed E-state index contributed by atoms with van der Waals surface area (Å²) in [5, 5.41) is 4.91. The van der Waals surface area contributed by atoms with Crippen molar-refractivity contribution in [2.75, 3.05) is 31.9 Å². The number of likely N-dealkylation sites (tertiary alicyclic amines) is 1. The lowest BCUT2D eigenvalue weighted by Crippen LogP contribution is -2.42. The summed E-state index contributed by atoms with van der Waals surface area (Å²) in [5.41, 5.74) is 6.61. The number of nitrogens with zero attached hydrogens (tertiary/aromatic N) is 3. The van der Waals surface area contributed by atoms with Crippen LogP contribution in [0.1, 0.15) is 29.7 Å². The molecule has 0 radical (unpaired) electrons. The monoisotopic (exact) mass is 421 g/mol. The van der Waals surface area contributed by atoms with E-state index in [4.69, 9.17) is 5.73 Å². The van der Waals surface area contributed by atoms with E-state index in [1.807, 2.05) is 0 Å². The molecule has 0 spiro atoms. The van der Waals surface area contributed by atoms with E-state index in [0.29, 0.717) is 12.3 Å². The van der Waals surface area contributed by atoms with Crippen LogP contribution in [0, 0.1) is 19.8 Å². The van der Waals surface area contributed by atoms with E-state index in [1.165, 1.54) is 22.2 Å². The molecule has 1 unspecified atom stereocenters. The van der Waals surface area contributed by atoms with Gasteiger partial charge in [-0.15, -0.1) is 11.3 Å². The van der Waals surface area contributed by atoms with Crippen molar-refractivity contribution in [1.82, 2.24) is 20.2 Å². The standard InChI is InChI=1S/C19H27N5O2S2/c1-12-13(2)28-19-16(12)18(22-11-23-19)27-10-15(25)21-6-4-8-24-7-3-5-14(9-24)17(20)26/h11,14H,3-10H2,1-2H3,(H2,20,26)(H,21,25). The van der Waals surface area contributed by atoms with Gasteiger partial charge >= 0.3 is 0 Å². The minimum Gasteiger partial charge on any atom is -0.369 e. The summed E-state index contributed by atoms with van der Waals surface area (Å²) in [6.07, 6.45) is 4.32. The molecule has 3 rings (SSSR count). The average Bonchev–Trinajstić information content (AvgIpc) is 2.98. The van der Waals surface area contributed by atoms with Crippen molar-refractivity contribution in [3.63, 3.8) is 0 Å². The van der Waals surface area contributed by atoms with Crippen LogP contribution in [-0.2, 0) is 9.59 Å². The second-order valence-electron chi connectivity index (χ2n) is 7.18. The summed E-state index contributed by atoms with van der Waals surface area (Å²) in [7, 11) is 0. The Morgan fingerprint density at radius 1 is 1.39 bits per heavy atom. The quantitative estimate of drug-likeness (QED) is 0.385. The Morgan fingerprint density at radius 2 is 2.21 bits per heavy atom. The maximum Gasteiger partial charge on any atom is 0.230 e. The van der Waals surface area contributed by atoms with Crippen LogP contribution in [0.15, 0.2) is 11.4 Å². The predicted octanol–water partition coefficient (Wildman–Crippen LogP) is 2.10. The van der Waals surface area contributed by atoms with Gasteiger partial charge in [0.1, 0.15) is 16.2 Å². The number of nitrogens with one attached hydrogen (secondary N) is 1. The van der Waals surface area contributed by atoms with Gasteiger partial charge in [-0.2, -0.15) is 0 Å². The molecule has 9 heteroatoms. The van der Waals surface area contributed by atoms with Crippen molar-refractivity contribution in [3.8, 4) is 0 Å². The number of rotatable bonds is 8. The van der Waals surface area contributed by atoms with Gasteiger partial charge in [0.15, 0.2) is 0 Å². The molecule has 2 amide bonds. The van der Waals surface area contributed by atoms with Gasteiger partial charge in [0, 0.05) is 23.4 Å². The van der Waals surface area contributed by atoms with E-state index >= 15 is 0 Å². The summed E-state index contributed by atoms with van der Waals surface area (Å²) >= 11 is 3.12. The van der Waals surface area contributed by atoms with Gasteiger partial charge in [-0.25, -0.2) is 9.97 Å². The number of aromatic nitrogens is 2. The van der Waals surface area contributed by atoms with Crippen molar-refractivity contribution in [2.45, 2.75) is 38.1 Å². The van der Waals surface area contributed by atoms with E-state index in [0.717, 1.165) is 54.1 Å². The molecule has 1 atom stereocenters. The van der Waals surface area contributed by atoms with E-state index in [2.05, 4.69) is 34.0 Å². The van der Waals surface area contributed by atoms with E-state index in [1.54, 1.807) is 17.7 Å². The number of hydrogen-bond acceptors (Lipinski definition) is 7. The average molecular weight is 422 g/mol. The van der Waals surface area contributed by atoms with Crippen molar-refractivity contribution in [2.24, 2.45) is 11.7 Å². The van der Waals surface area contributed by atoms with E-state index in [9.17, 15) is 9.59 Å². The fourth-order valence-electron chi connectivity index (χ4n) is 3.47. The third kappa shape index (κ3) is 5.21. The van der Waals surface area contributed by atoms with E-state index in [-0.39, 0.29) is 17.7 Å². The van der Waals surface area contributed by atoms with Crippen LogP contribution in [0.3, 0.4) is 0 Å². The molecular formula is C19H27N5O2S2. The lowest BCUT2D eigenvalue weighted by Gasteiger charge is -2.31. The number of primary amides is 1. The van der Waals surface area contributed by atoms with Crippen molar-refractivity contribution < 1.29 is 9.59 Å². The molecule has 2 aromatic rings. The number of carbonyl (C=O) groups is 2. The molecule has 0 saturated carbocycles. The molecule has 3 N–H and O–H groups in total. The molecule has 1 fully saturated rings. The smallest absolute Gasteiger partial charge is 0.230 e. The molecule has 3 heterocycles. The SMILES string of the molecule is Cc1sc2ncnc(SCC(=O)NCCCN3CCCC(C(N)=O)C3)c2c1C. The predicted molar refractivity (Wildman–Crippen MR) is 114 cm³/mol. The Hall–Kier alpha value is -1.71. The van der Waals surface area contributed by atoms with Crippen LogP contribution in [0.25, 0.3) is 10.2 Å². The number of carbonyl (C=O) groups excluding carboxylic acids is 2. The van der Waals surface area contributed by atoms with Crippen LogP contribution >= 0.6 is 23.1 Å². The summed E-state index contributed by atoms with van der Waals surface area (Å²) in [6, 6.07) is 0. The molecule has 0 aromatic carbocycles. The third-order valence-corrected chi connectivity index (χ3v) is 7.26. The first-order valence-corrected chi connectivity index (χ1v) is 11.4. The summed E-state index contributed by atoms with van der Waals surface area (Å²) in [5.74, 6) is 0.113. The van der Waals surface area contributed by atoms with Gasteiger partial charge in [0.25, 0.3) is 0 Å². The number of piperidine rings is 1. The zero-order chi connectivity index (χ0) is 20.1. The minimum absolute atomic E-state index is 0.00928. The first kappa shape index (κ1) is 21.0. The number of aryl methyl sites for hydroxylation is 2. The zero-order valence-corrected chi connectivity index (χ0v) is 18.0. The van der Waals surface area contributed by atoms with Crippen molar-refractivity contribution in [3.05, 3.63) is 16.8 Å². The highest BCUT2D eigenvalue weighted by Crippen LogP contribution is 2.34. The highest BCUT2D eigenvalue weighted by molar-refractivity contribution is 8.00. The topological polar surface area (TPSA) is 101 Å². The molecule has 28 heavy (non-hydrogen) atoms. The highest BCUT2D eigenvalue weighted by Gasteiger charge is 2.23. The Labute approximate surface area is 173 Å². The van der Waals surface area contributed by atoms with Crippen LogP contribution in [-0.4, -0.2) is 58.6 Å². The molecule has 1 aliphatic heterocycles. The first-order chi connectivity index (χ1) is 13.5. The molecule has 7 nitrogen and oxygen atoms in total. The molecular weight excluding hydrogens is 394 g/mol. The van der Waals surface area contributed by atoms with Crippen molar-refractivity contribution >= 4 is 45.1 Å². The lowest BCUT2D eigenvalue weighted by atomic mass is 9.97. The molecule has 152 valence electrons. The normalized spacial score (nSPS) is 17.7. The number of nitrogens with two attached hydrogens (primary N) is 1. The van der Waals surface area contributed by atoms with Crippen LogP contribution in [0.2, 0.25) is 0 Å². The Balaban J connectivity index is 1.40. The largest absolute Gasteiger partial charge is 0.369 e. The molecule has 1 saturated heterocycles. The number of hydrogen-bond donors (Lipinski definition) is 2. The van der Waals surface area contributed by atoms with Gasteiger partial charge in [-0.3, -0.25) is 9.59 Å². The fraction of sp³-hybridized carbons (Fsp3) is 0.579. The number of thiophene rings is 1. The number of fused-ring (bicyclic) bond motifs is 1. The maximum atomic E-state index is 12.2. The summed E-state index contributed by atoms with van der Waals surface area (Å²) < 4.78 is 0. The second-order valence-corrected chi connectivity index (χ2v) is 9.34. The Morgan fingerprint density at radius 3 is 3.00 bits per heavy atom. The van der Waals surface area contributed by atoms with Crippen LogP contribution in [0.5, 0.6) is 0 Å². The fourth-order valence-corrected chi connectivity index (χ4v) is 5.41. The number of thioether (sulfide) groups is 1. The number of amides is 2. The zero-order valence-electron chi connectivity index (χ0n) is 16.4. The molecule has 2 aromatic heterocycles. The first-order valence-electron chi connectivity index (χ1n) is 9.57. The molecule has 1 aliphatic rings. The lowest BCUT2D eigenvalue weighted by molar-refractivity contribution is -0.123. The summed E-state index contributed by atoms with van der Waals surface area (Å²) in [6.45, 7) is 7.39. The van der Waals surface area contributed by atoms with Gasteiger partial charge in [-0.1, -0.05) is 11.8 Å². The molecule has 0 aliphatic carbocycles. The molecule has 0 bridgehead atoms. The minimum atomic E-state index is -0.204. The Bertz CT molecular complexity index is 854. The summed E-state index contributed by atoms with van der Waals surface area (Å²) in [4.78, 5) is 36.7. The van der Waals surface area contributed by atoms with Crippen LogP contribution in [0.4, 0.5) is 0 Å². The second kappa shape index (κ2) is 9.67. The van der Waals surface area contributed by atoms with E-state index < -0.39 is 0 Å². The van der Waals surface area contributed by atoms with Crippen LogP contribution < -0.4 is 11.1 Å². The van der Waals surface area contributed by atoms with Crippen molar-refractivity contribution in [1.29, 1.82) is 0 Å². The Kier molecular flexibility index (Phi) is 7.25. The highest BCUT2D eigenvalue weighted by atomic mass is 32.2. The van der Waals surface area contributed by atoms with Gasteiger partial charge in [-0.05, 0) is 51.8 Å². The third-order valence-electron chi connectivity index (χ3n) is 5.15. The van der Waals surface area contributed by atoms with Gasteiger partial charge < -0.3 is 16.0 Å².